The molecule has 3 aromatic carbocycles. The Balaban J connectivity index is 1.64. The summed E-state index contributed by atoms with van der Waals surface area (Å²) >= 11 is 12.8. The first kappa shape index (κ1) is 27.3. The third-order valence-electron chi connectivity index (χ3n) is 6.31. The number of hydrogen-bond acceptors (Lipinski definition) is 5. The van der Waals surface area contributed by atoms with Gasteiger partial charge in [0.2, 0.25) is 10.0 Å². The Labute approximate surface area is 228 Å². The predicted octanol–water partition coefficient (Wildman–Crippen LogP) is 5.77. The maximum atomic E-state index is 13.2. The van der Waals surface area contributed by atoms with Gasteiger partial charge in [0.1, 0.15) is 5.75 Å². The third-order valence-corrected chi connectivity index (χ3v) is 8.48. The molecule has 37 heavy (non-hydrogen) atoms. The fraction of sp³-hybridized carbons (Fsp3) is 0.296. The second kappa shape index (κ2) is 11.7. The fourth-order valence-corrected chi connectivity index (χ4v) is 5.80. The fourth-order valence-electron chi connectivity index (χ4n) is 4.22. The van der Waals surface area contributed by atoms with Crippen molar-refractivity contribution in [1.82, 2.24) is 14.5 Å². The summed E-state index contributed by atoms with van der Waals surface area (Å²) in [5, 5.41) is 6.71. The van der Waals surface area contributed by atoms with Gasteiger partial charge < -0.3 is 9.64 Å². The van der Waals surface area contributed by atoms with Crippen LogP contribution in [0.1, 0.15) is 25.0 Å². The molecule has 0 saturated carbocycles. The average Bonchev–Trinajstić information content (AvgIpc) is 3.25. The molecule has 1 heterocycles. The van der Waals surface area contributed by atoms with Crippen molar-refractivity contribution >= 4 is 49.9 Å². The van der Waals surface area contributed by atoms with Crippen LogP contribution in [0.4, 0.5) is 5.82 Å². The van der Waals surface area contributed by atoms with Crippen molar-refractivity contribution in [2.45, 2.75) is 31.7 Å². The molecule has 0 atom stereocenters. The highest BCUT2D eigenvalue weighted by molar-refractivity contribution is 7.89. The minimum Gasteiger partial charge on any atom is -0.497 e. The summed E-state index contributed by atoms with van der Waals surface area (Å²) < 4.78 is 36.1. The summed E-state index contributed by atoms with van der Waals surface area (Å²) in [5.74, 6) is 1.48. The van der Waals surface area contributed by atoms with Gasteiger partial charge in [-0.3, -0.25) is 4.68 Å². The molecule has 0 saturated heterocycles. The molecular formula is C27H30Cl2N4O3S. The zero-order valence-corrected chi connectivity index (χ0v) is 23.4. The highest BCUT2D eigenvalue weighted by atomic mass is 35.5. The first-order valence-electron chi connectivity index (χ1n) is 12.1. The van der Waals surface area contributed by atoms with E-state index in [-0.39, 0.29) is 11.4 Å². The molecule has 0 unspecified atom stereocenters. The maximum Gasteiger partial charge on any atom is 0.240 e. The topological polar surface area (TPSA) is 76.5 Å². The van der Waals surface area contributed by atoms with Crippen LogP contribution in [0.15, 0.2) is 65.6 Å². The molecule has 0 bridgehead atoms. The van der Waals surface area contributed by atoms with Crippen molar-refractivity contribution in [3.8, 4) is 5.75 Å². The first-order valence-corrected chi connectivity index (χ1v) is 14.3. The minimum absolute atomic E-state index is 0.193. The summed E-state index contributed by atoms with van der Waals surface area (Å²) in [5.41, 5.74) is 2.58. The van der Waals surface area contributed by atoms with Crippen LogP contribution in [-0.2, 0) is 23.0 Å². The lowest BCUT2D eigenvalue weighted by atomic mass is 10.1. The number of aromatic nitrogens is 2. The summed E-state index contributed by atoms with van der Waals surface area (Å²) in [7, 11) is -2.11. The quantitative estimate of drug-likeness (QED) is 0.252. The predicted molar refractivity (Wildman–Crippen MR) is 151 cm³/mol. The molecule has 0 amide bonds. The molecule has 1 aromatic heterocycles. The van der Waals surface area contributed by atoms with Crippen LogP contribution in [0.2, 0.25) is 10.0 Å². The Hall–Kier alpha value is -2.78. The Morgan fingerprint density at radius 2 is 1.68 bits per heavy atom. The molecule has 0 spiro atoms. The molecule has 196 valence electrons. The van der Waals surface area contributed by atoms with Crippen molar-refractivity contribution < 1.29 is 13.2 Å². The van der Waals surface area contributed by atoms with Crippen molar-refractivity contribution in [3.05, 3.63) is 81.8 Å². The van der Waals surface area contributed by atoms with Gasteiger partial charge in [-0.25, -0.2) is 13.1 Å². The summed E-state index contributed by atoms with van der Waals surface area (Å²) in [6.07, 6.45) is 0.562. The highest BCUT2D eigenvalue weighted by Crippen LogP contribution is 2.31. The summed E-state index contributed by atoms with van der Waals surface area (Å²) in [6.45, 7) is 6.18. The highest BCUT2D eigenvalue weighted by Gasteiger charge is 2.21. The Bertz CT molecular complexity index is 1460. The molecule has 0 aliphatic carbocycles. The van der Waals surface area contributed by atoms with Crippen LogP contribution in [0.3, 0.4) is 0 Å². The smallest absolute Gasteiger partial charge is 0.240 e. The van der Waals surface area contributed by atoms with Crippen molar-refractivity contribution in [2.24, 2.45) is 0 Å². The summed E-state index contributed by atoms with van der Waals surface area (Å²) in [4.78, 5) is 2.29. The van der Waals surface area contributed by atoms with Gasteiger partial charge in [-0.2, -0.15) is 5.10 Å². The lowest BCUT2D eigenvalue weighted by molar-refractivity contribution is 0.414. The zero-order chi connectivity index (χ0) is 26.6. The largest absolute Gasteiger partial charge is 0.497 e. The van der Waals surface area contributed by atoms with E-state index in [1.165, 1.54) is 0 Å². The second-order valence-corrected chi connectivity index (χ2v) is 11.1. The standard InChI is InChI=1S/C27H30Cl2N4O3S/c1-4-32(5-2)27-22-17-21(37(34,35)30-16-15-19-9-11-20(36-3)12-10-19)13-14-26(22)33(31-27)18-23-24(28)7-6-8-25(23)29/h6-14,17,30H,4-5,15-16,18H2,1-3H3. The number of fused-ring (bicyclic) bond motifs is 1. The Morgan fingerprint density at radius 1 is 1.00 bits per heavy atom. The minimum atomic E-state index is -3.73. The molecule has 0 aliphatic rings. The molecular weight excluding hydrogens is 531 g/mol. The van der Waals surface area contributed by atoms with Crippen LogP contribution in [0.25, 0.3) is 10.9 Å². The van der Waals surface area contributed by atoms with Crippen molar-refractivity contribution in [2.75, 3.05) is 31.6 Å². The van der Waals surface area contributed by atoms with E-state index in [2.05, 4.69) is 9.62 Å². The zero-order valence-electron chi connectivity index (χ0n) is 21.0. The molecule has 7 nitrogen and oxygen atoms in total. The molecule has 0 aliphatic heterocycles. The first-order chi connectivity index (χ1) is 17.8. The van der Waals surface area contributed by atoms with E-state index in [9.17, 15) is 8.42 Å². The van der Waals surface area contributed by atoms with E-state index >= 15 is 0 Å². The van der Waals surface area contributed by atoms with Gasteiger partial charge in [-0.1, -0.05) is 41.4 Å². The summed E-state index contributed by atoms with van der Waals surface area (Å²) in [6, 6.07) is 18.1. The van der Waals surface area contributed by atoms with E-state index in [0.29, 0.717) is 23.0 Å². The number of nitrogens with zero attached hydrogens (tertiary/aromatic N) is 3. The van der Waals surface area contributed by atoms with Gasteiger partial charge in [-0.15, -0.1) is 0 Å². The monoisotopic (exact) mass is 560 g/mol. The van der Waals surface area contributed by atoms with Crippen LogP contribution >= 0.6 is 23.2 Å². The van der Waals surface area contributed by atoms with Gasteiger partial charge in [0.15, 0.2) is 5.82 Å². The van der Waals surface area contributed by atoms with Crippen LogP contribution < -0.4 is 14.4 Å². The van der Waals surface area contributed by atoms with E-state index in [1.807, 2.05) is 42.8 Å². The third kappa shape index (κ3) is 6.04. The van der Waals surface area contributed by atoms with E-state index in [1.54, 1.807) is 43.5 Å². The number of benzene rings is 3. The van der Waals surface area contributed by atoms with E-state index < -0.39 is 10.0 Å². The van der Waals surface area contributed by atoms with Crippen LogP contribution in [-0.4, -0.2) is 44.9 Å². The maximum absolute atomic E-state index is 13.2. The number of rotatable bonds is 11. The van der Waals surface area contributed by atoms with Gasteiger partial charge in [0.25, 0.3) is 0 Å². The van der Waals surface area contributed by atoms with Gasteiger partial charge in [0, 0.05) is 40.6 Å². The second-order valence-electron chi connectivity index (χ2n) is 8.53. The molecule has 4 rings (SSSR count). The van der Waals surface area contributed by atoms with Crippen LogP contribution in [0.5, 0.6) is 5.75 Å². The Morgan fingerprint density at radius 3 is 2.30 bits per heavy atom. The number of methoxy groups -OCH3 is 1. The molecule has 4 aromatic rings. The lowest BCUT2D eigenvalue weighted by Gasteiger charge is -2.18. The molecule has 0 radical (unpaired) electrons. The van der Waals surface area contributed by atoms with Crippen molar-refractivity contribution in [1.29, 1.82) is 0 Å². The van der Waals surface area contributed by atoms with Gasteiger partial charge in [0.05, 0.1) is 24.1 Å². The van der Waals surface area contributed by atoms with E-state index in [0.717, 1.165) is 46.7 Å². The number of nitrogens with one attached hydrogen (secondary N) is 1. The van der Waals surface area contributed by atoms with Gasteiger partial charge >= 0.3 is 0 Å². The average molecular weight is 562 g/mol. The number of hydrogen-bond donors (Lipinski definition) is 1. The lowest BCUT2D eigenvalue weighted by Crippen LogP contribution is -2.26. The number of anilines is 1. The normalized spacial score (nSPS) is 11.7. The molecule has 1 N–H and O–H groups in total. The van der Waals surface area contributed by atoms with Gasteiger partial charge in [-0.05, 0) is 68.3 Å². The SMILES string of the molecule is CCN(CC)c1nn(Cc2c(Cl)cccc2Cl)c2ccc(S(=O)(=O)NCCc3ccc(OC)cc3)cc12. The number of ether oxygens (including phenoxy) is 1. The van der Waals surface area contributed by atoms with Crippen molar-refractivity contribution in [3.63, 3.8) is 0 Å². The van der Waals surface area contributed by atoms with Crippen LogP contribution in [0, 0.1) is 0 Å². The number of halogens is 2. The number of sulfonamides is 1. The molecule has 0 fully saturated rings. The van der Waals surface area contributed by atoms with E-state index in [4.69, 9.17) is 33.0 Å². The molecule has 10 heteroatoms. The Kier molecular flexibility index (Phi) is 8.64.